The summed E-state index contributed by atoms with van der Waals surface area (Å²) in [7, 11) is -2.11. The van der Waals surface area contributed by atoms with Crippen LogP contribution in [-0.4, -0.2) is 62.7 Å². The fourth-order valence-corrected chi connectivity index (χ4v) is 5.57. The molecule has 1 aromatic carbocycles. The van der Waals surface area contributed by atoms with E-state index in [0.717, 1.165) is 25.9 Å². The van der Waals surface area contributed by atoms with Gasteiger partial charge < -0.3 is 19.4 Å². The van der Waals surface area contributed by atoms with E-state index in [1.54, 1.807) is 26.2 Å². The Balaban J connectivity index is 1.49. The zero-order chi connectivity index (χ0) is 23.8. The minimum Gasteiger partial charge on any atom is -0.497 e. The molecule has 2 aromatic rings. The Morgan fingerprint density at radius 1 is 1.33 bits per heavy atom. The number of hydrogen-bond donors (Lipinski definition) is 1. The molecular weight excluding hydrogens is 442 g/mol. The van der Waals surface area contributed by atoms with Gasteiger partial charge in [-0.15, -0.1) is 0 Å². The molecule has 1 amide bonds. The SMILES string of the molecule is CC[C@H]1CCCCN1CCCNC(=O)CS(=O)(=O)Cc1nc(-c2cccc(OC)c2)oc1C. The molecule has 182 valence electrons. The summed E-state index contributed by atoms with van der Waals surface area (Å²) in [5, 5.41) is 2.75. The Kier molecular flexibility index (Phi) is 8.91. The van der Waals surface area contributed by atoms with Crippen LogP contribution < -0.4 is 10.1 Å². The summed E-state index contributed by atoms with van der Waals surface area (Å²) in [6.07, 6.45) is 5.71. The summed E-state index contributed by atoms with van der Waals surface area (Å²) in [6.45, 7) is 6.40. The van der Waals surface area contributed by atoms with Gasteiger partial charge in [0.05, 0.1) is 18.6 Å². The van der Waals surface area contributed by atoms with Crippen LogP contribution in [0.25, 0.3) is 11.5 Å². The molecule has 1 aliphatic heterocycles. The third-order valence-electron chi connectivity index (χ3n) is 6.08. The standard InChI is InChI=1S/C24H35N3O5S/c1-4-20-10-5-6-13-27(20)14-8-12-25-23(28)17-33(29,30)16-22-18(2)32-24(26-22)19-9-7-11-21(15-19)31-3/h7,9,11,15,20H,4-6,8,10,12-14,16-17H2,1-3H3,(H,25,28)/t20-/m0/s1. The number of sulfone groups is 1. The van der Waals surface area contributed by atoms with Crippen molar-refractivity contribution in [3.05, 3.63) is 35.7 Å². The fourth-order valence-electron chi connectivity index (χ4n) is 4.28. The third-order valence-corrected chi connectivity index (χ3v) is 7.50. The van der Waals surface area contributed by atoms with Gasteiger partial charge in [0.15, 0.2) is 9.84 Å². The normalized spacial score (nSPS) is 17.1. The third kappa shape index (κ3) is 7.30. The van der Waals surface area contributed by atoms with Crippen LogP contribution in [0.4, 0.5) is 0 Å². The molecule has 9 heteroatoms. The van der Waals surface area contributed by atoms with Crippen LogP contribution in [0, 0.1) is 6.92 Å². The quantitative estimate of drug-likeness (QED) is 0.495. The zero-order valence-electron chi connectivity index (χ0n) is 19.8. The van der Waals surface area contributed by atoms with Crippen LogP contribution in [0.3, 0.4) is 0 Å². The van der Waals surface area contributed by atoms with E-state index >= 15 is 0 Å². The lowest BCUT2D eigenvalue weighted by atomic mass is 10.00. The van der Waals surface area contributed by atoms with Crippen molar-refractivity contribution in [1.29, 1.82) is 0 Å². The van der Waals surface area contributed by atoms with Crippen LogP contribution in [0.2, 0.25) is 0 Å². The molecule has 1 N–H and O–H groups in total. The van der Waals surface area contributed by atoms with Crippen LogP contribution >= 0.6 is 0 Å². The molecule has 1 aromatic heterocycles. The van der Waals surface area contributed by atoms with Gasteiger partial charge in [-0.25, -0.2) is 13.4 Å². The second kappa shape index (κ2) is 11.7. The Morgan fingerprint density at radius 3 is 2.91 bits per heavy atom. The zero-order valence-corrected chi connectivity index (χ0v) is 20.6. The number of carbonyl (C=O) groups excluding carboxylic acids is 1. The molecule has 0 bridgehead atoms. The van der Waals surface area contributed by atoms with Crippen molar-refractivity contribution in [2.24, 2.45) is 0 Å². The van der Waals surface area contributed by atoms with Crippen LogP contribution in [0.5, 0.6) is 5.75 Å². The predicted octanol–water partition coefficient (Wildman–Crippen LogP) is 3.34. The van der Waals surface area contributed by atoms with Crippen molar-refractivity contribution >= 4 is 15.7 Å². The van der Waals surface area contributed by atoms with Gasteiger partial charge in [0.25, 0.3) is 0 Å². The number of piperidine rings is 1. The number of likely N-dealkylation sites (tertiary alicyclic amines) is 1. The number of amides is 1. The topological polar surface area (TPSA) is 102 Å². The van der Waals surface area contributed by atoms with Gasteiger partial charge in [-0.2, -0.15) is 0 Å². The van der Waals surface area contributed by atoms with Gasteiger partial charge in [-0.05, 0) is 57.4 Å². The highest BCUT2D eigenvalue weighted by atomic mass is 32.2. The highest BCUT2D eigenvalue weighted by Crippen LogP contribution is 2.26. The lowest BCUT2D eigenvalue weighted by Gasteiger charge is -2.35. The Bertz CT molecular complexity index is 1030. The van der Waals surface area contributed by atoms with Gasteiger partial charge in [0, 0.05) is 24.7 Å². The molecular formula is C24H35N3O5S. The van der Waals surface area contributed by atoms with Crippen molar-refractivity contribution in [3.63, 3.8) is 0 Å². The molecule has 0 saturated carbocycles. The number of hydrogen-bond acceptors (Lipinski definition) is 7. The van der Waals surface area contributed by atoms with Crippen molar-refractivity contribution in [3.8, 4) is 17.2 Å². The maximum atomic E-state index is 12.6. The number of benzene rings is 1. The highest BCUT2D eigenvalue weighted by Gasteiger charge is 2.23. The number of nitrogens with one attached hydrogen (secondary N) is 1. The summed E-state index contributed by atoms with van der Waals surface area (Å²) < 4.78 is 36.1. The maximum Gasteiger partial charge on any atom is 0.235 e. The summed E-state index contributed by atoms with van der Waals surface area (Å²) in [4.78, 5) is 19.1. The van der Waals surface area contributed by atoms with Crippen molar-refractivity contribution in [1.82, 2.24) is 15.2 Å². The van der Waals surface area contributed by atoms with E-state index in [1.807, 2.05) is 12.1 Å². The summed E-state index contributed by atoms with van der Waals surface area (Å²) in [5.41, 5.74) is 1.01. The minimum absolute atomic E-state index is 0.316. The first kappa shape index (κ1) is 25.2. The van der Waals surface area contributed by atoms with E-state index in [2.05, 4.69) is 22.1 Å². The number of methoxy groups -OCH3 is 1. The first-order valence-electron chi connectivity index (χ1n) is 11.6. The predicted molar refractivity (Wildman–Crippen MR) is 128 cm³/mol. The van der Waals surface area contributed by atoms with E-state index in [0.29, 0.717) is 41.2 Å². The number of aryl methyl sites for hydroxylation is 1. The molecule has 0 unspecified atom stereocenters. The lowest BCUT2D eigenvalue weighted by molar-refractivity contribution is -0.118. The molecule has 1 saturated heterocycles. The first-order chi connectivity index (χ1) is 15.8. The Labute approximate surface area is 196 Å². The second-order valence-electron chi connectivity index (χ2n) is 8.58. The first-order valence-corrected chi connectivity index (χ1v) is 13.5. The Morgan fingerprint density at radius 2 is 2.15 bits per heavy atom. The lowest BCUT2D eigenvalue weighted by Crippen LogP contribution is -2.41. The van der Waals surface area contributed by atoms with Crippen LogP contribution in [-0.2, 0) is 20.4 Å². The van der Waals surface area contributed by atoms with Gasteiger partial charge in [0.1, 0.15) is 17.3 Å². The molecule has 8 nitrogen and oxygen atoms in total. The van der Waals surface area contributed by atoms with Gasteiger partial charge in [-0.3, -0.25) is 4.79 Å². The molecule has 1 aliphatic rings. The largest absolute Gasteiger partial charge is 0.497 e. The van der Waals surface area contributed by atoms with E-state index in [-0.39, 0.29) is 5.75 Å². The molecule has 33 heavy (non-hydrogen) atoms. The second-order valence-corrected chi connectivity index (χ2v) is 10.6. The van der Waals surface area contributed by atoms with Gasteiger partial charge >= 0.3 is 0 Å². The van der Waals surface area contributed by atoms with Crippen LogP contribution in [0.1, 0.15) is 50.5 Å². The summed E-state index contributed by atoms with van der Waals surface area (Å²) >= 11 is 0. The van der Waals surface area contributed by atoms with E-state index < -0.39 is 21.5 Å². The number of rotatable bonds is 11. The maximum absolute atomic E-state index is 12.6. The van der Waals surface area contributed by atoms with Gasteiger partial charge in [0.2, 0.25) is 11.8 Å². The minimum atomic E-state index is -3.68. The number of nitrogens with zero attached hydrogens (tertiary/aromatic N) is 2. The van der Waals surface area contributed by atoms with Gasteiger partial charge in [-0.1, -0.05) is 19.4 Å². The average Bonchev–Trinajstić information content (AvgIpc) is 3.16. The Hall–Kier alpha value is -2.39. The highest BCUT2D eigenvalue weighted by molar-refractivity contribution is 7.91. The molecule has 1 fully saturated rings. The van der Waals surface area contributed by atoms with E-state index in [1.165, 1.54) is 19.3 Å². The van der Waals surface area contributed by atoms with Crippen molar-refractivity contribution in [2.75, 3.05) is 32.5 Å². The van der Waals surface area contributed by atoms with Crippen molar-refractivity contribution in [2.45, 2.75) is 57.7 Å². The monoisotopic (exact) mass is 477 g/mol. The molecule has 3 rings (SSSR count). The molecule has 1 atom stereocenters. The van der Waals surface area contributed by atoms with Crippen LogP contribution in [0.15, 0.2) is 28.7 Å². The van der Waals surface area contributed by atoms with E-state index in [9.17, 15) is 13.2 Å². The fraction of sp³-hybridized carbons (Fsp3) is 0.583. The molecule has 0 spiro atoms. The van der Waals surface area contributed by atoms with Crippen molar-refractivity contribution < 1.29 is 22.4 Å². The summed E-state index contributed by atoms with van der Waals surface area (Å²) in [6, 6.07) is 7.82. The molecule has 2 heterocycles. The smallest absolute Gasteiger partial charge is 0.235 e. The summed E-state index contributed by atoms with van der Waals surface area (Å²) in [5.74, 6) is 0.0170. The molecule has 0 radical (unpaired) electrons. The average molecular weight is 478 g/mol. The molecule has 0 aliphatic carbocycles. The van der Waals surface area contributed by atoms with E-state index in [4.69, 9.17) is 9.15 Å². The number of oxazole rings is 1. The number of ether oxygens (including phenoxy) is 1. The number of aromatic nitrogens is 1. The number of carbonyl (C=O) groups is 1.